The van der Waals surface area contributed by atoms with Crippen LogP contribution in [0.15, 0.2) is 29.2 Å². The van der Waals surface area contributed by atoms with Crippen molar-refractivity contribution in [2.24, 2.45) is 0 Å². The predicted molar refractivity (Wildman–Crippen MR) is 87.7 cm³/mol. The van der Waals surface area contributed by atoms with Crippen LogP contribution in [0.5, 0.6) is 0 Å². The number of aromatic nitrogens is 1. The highest BCUT2D eigenvalue weighted by Gasteiger charge is 2.31. The van der Waals surface area contributed by atoms with Gasteiger partial charge < -0.3 is 14.6 Å². The van der Waals surface area contributed by atoms with Gasteiger partial charge in [-0.3, -0.25) is 9.59 Å². The first-order valence-electron chi connectivity index (χ1n) is 7.73. The third-order valence-electron chi connectivity index (χ3n) is 3.79. The molecule has 0 fully saturated rings. The molecular formula is C17H19F3N2O3. The molecule has 8 heteroatoms. The minimum atomic E-state index is -4.57. The maximum atomic E-state index is 12.9. The summed E-state index contributed by atoms with van der Waals surface area (Å²) in [4.78, 5) is 24.9. The Morgan fingerprint density at radius 2 is 2.04 bits per heavy atom. The molecule has 1 N–H and O–H groups in total. The summed E-state index contributed by atoms with van der Waals surface area (Å²) in [6.45, 7) is 4.12. The largest absolute Gasteiger partial charge is 0.416 e. The second-order valence-electron chi connectivity index (χ2n) is 5.72. The second-order valence-corrected chi connectivity index (χ2v) is 5.72. The maximum absolute atomic E-state index is 12.9. The van der Waals surface area contributed by atoms with Gasteiger partial charge in [-0.15, -0.1) is 0 Å². The fraction of sp³-hybridized carbons (Fsp3) is 0.412. The average Bonchev–Trinajstić information content (AvgIpc) is 2.54. The summed E-state index contributed by atoms with van der Waals surface area (Å²) in [5, 5.41) is 2.46. The molecule has 136 valence electrons. The number of nitrogens with zero attached hydrogens (tertiary/aromatic N) is 1. The lowest BCUT2D eigenvalue weighted by atomic mass is 10.1. The molecule has 1 heterocycles. The van der Waals surface area contributed by atoms with E-state index in [2.05, 4.69) is 5.32 Å². The van der Waals surface area contributed by atoms with Gasteiger partial charge in [0.1, 0.15) is 5.56 Å². The molecule has 0 aliphatic heterocycles. The maximum Gasteiger partial charge on any atom is 0.416 e. The Kier molecular flexibility index (Phi) is 5.52. The number of pyridine rings is 1. The number of carbonyl (C=O) groups is 1. The Bertz CT molecular complexity index is 843. The second kappa shape index (κ2) is 7.26. The van der Waals surface area contributed by atoms with Crippen LogP contribution >= 0.6 is 0 Å². The number of amides is 1. The minimum Gasteiger partial charge on any atom is -0.383 e. The summed E-state index contributed by atoms with van der Waals surface area (Å²) in [5.41, 5.74) is -1.50. The van der Waals surface area contributed by atoms with E-state index >= 15 is 0 Å². The van der Waals surface area contributed by atoms with Gasteiger partial charge in [0.25, 0.3) is 5.91 Å². The first-order chi connectivity index (χ1) is 11.7. The van der Waals surface area contributed by atoms with Crippen LogP contribution in [0, 0.1) is 0 Å². The van der Waals surface area contributed by atoms with Crippen molar-refractivity contribution in [1.82, 2.24) is 9.88 Å². The molecule has 0 aliphatic rings. The van der Waals surface area contributed by atoms with Crippen molar-refractivity contribution in [3.8, 4) is 0 Å². The highest BCUT2D eigenvalue weighted by Crippen LogP contribution is 2.30. The number of rotatable bonds is 5. The number of ether oxygens (including phenoxy) is 1. The van der Waals surface area contributed by atoms with E-state index in [1.54, 1.807) is 18.4 Å². The third-order valence-corrected chi connectivity index (χ3v) is 3.79. The molecule has 5 nitrogen and oxygen atoms in total. The van der Waals surface area contributed by atoms with E-state index < -0.39 is 23.1 Å². The quantitative estimate of drug-likeness (QED) is 0.896. The van der Waals surface area contributed by atoms with E-state index in [1.807, 2.05) is 0 Å². The number of aryl methyl sites for hydroxylation is 1. The lowest BCUT2D eigenvalue weighted by molar-refractivity contribution is -0.137. The topological polar surface area (TPSA) is 60.3 Å². The van der Waals surface area contributed by atoms with Crippen molar-refractivity contribution < 1.29 is 22.7 Å². The fourth-order valence-corrected chi connectivity index (χ4v) is 2.59. The van der Waals surface area contributed by atoms with Crippen molar-refractivity contribution >= 4 is 16.8 Å². The Hall–Kier alpha value is -2.35. The van der Waals surface area contributed by atoms with Gasteiger partial charge in [0.15, 0.2) is 0 Å². The van der Waals surface area contributed by atoms with Gasteiger partial charge in [0.2, 0.25) is 5.43 Å². The van der Waals surface area contributed by atoms with Crippen LogP contribution in [0.2, 0.25) is 0 Å². The number of halogens is 3. The van der Waals surface area contributed by atoms with Gasteiger partial charge in [0, 0.05) is 31.3 Å². The van der Waals surface area contributed by atoms with Crippen LogP contribution in [-0.2, 0) is 17.5 Å². The zero-order chi connectivity index (χ0) is 18.8. The van der Waals surface area contributed by atoms with Crippen LogP contribution in [0.25, 0.3) is 10.9 Å². The summed E-state index contributed by atoms with van der Waals surface area (Å²) < 4.78 is 45.3. The highest BCUT2D eigenvalue weighted by atomic mass is 19.4. The molecule has 25 heavy (non-hydrogen) atoms. The molecule has 0 aliphatic carbocycles. The SMILES string of the molecule is CCn1cc(C(=O)N[C@H](C)COC)c(=O)c2cc(C(F)(F)F)ccc21. The first kappa shape index (κ1) is 19.0. The number of alkyl halides is 3. The zero-order valence-corrected chi connectivity index (χ0v) is 14.1. The summed E-state index contributed by atoms with van der Waals surface area (Å²) in [6, 6.07) is 2.62. The molecule has 0 saturated carbocycles. The number of hydrogen-bond donors (Lipinski definition) is 1. The monoisotopic (exact) mass is 356 g/mol. The molecule has 0 spiro atoms. The highest BCUT2D eigenvalue weighted by molar-refractivity contribution is 5.97. The van der Waals surface area contributed by atoms with E-state index in [9.17, 15) is 22.8 Å². The van der Waals surface area contributed by atoms with Crippen molar-refractivity contribution in [3.63, 3.8) is 0 Å². The Balaban J connectivity index is 2.60. The molecule has 2 rings (SSSR count). The van der Waals surface area contributed by atoms with Crippen LogP contribution in [0.3, 0.4) is 0 Å². The van der Waals surface area contributed by atoms with E-state index in [0.29, 0.717) is 12.1 Å². The molecule has 1 amide bonds. The molecule has 2 aromatic rings. The normalized spacial score (nSPS) is 13.0. The molecule has 0 bridgehead atoms. The number of carbonyl (C=O) groups excluding carboxylic acids is 1. The number of hydrogen-bond acceptors (Lipinski definition) is 3. The first-order valence-corrected chi connectivity index (χ1v) is 7.73. The van der Waals surface area contributed by atoms with Crippen molar-refractivity contribution in [1.29, 1.82) is 0 Å². The Labute approximate surface area is 142 Å². The summed E-state index contributed by atoms with van der Waals surface area (Å²) in [7, 11) is 1.47. The van der Waals surface area contributed by atoms with Crippen molar-refractivity contribution in [2.45, 2.75) is 32.6 Å². The smallest absolute Gasteiger partial charge is 0.383 e. The van der Waals surface area contributed by atoms with E-state index in [1.165, 1.54) is 19.4 Å². The van der Waals surface area contributed by atoms with Gasteiger partial charge in [-0.25, -0.2) is 0 Å². The molecule has 0 saturated heterocycles. The van der Waals surface area contributed by atoms with Gasteiger partial charge in [0.05, 0.1) is 17.7 Å². The van der Waals surface area contributed by atoms with Crippen LogP contribution < -0.4 is 10.7 Å². The van der Waals surface area contributed by atoms with Crippen LogP contribution in [0.1, 0.15) is 29.8 Å². The molecule has 1 aromatic carbocycles. The molecule has 1 atom stereocenters. The van der Waals surface area contributed by atoms with Gasteiger partial charge in [-0.05, 0) is 32.0 Å². The average molecular weight is 356 g/mol. The molecular weight excluding hydrogens is 337 g/mol. The van der Waals surface area contributed by atoms with E-state index in [-0.39, 0.29) is 23.6 Å². The fourth-order valence-electron chi connectivity index (χ4n) is 2.59. The molecule has 1 aromatic heterocycles. The number of fused-ring (bicyclic) bond motifs is 1. The number of benzene rings is 1. The predicted octanol–water partition coefficient (Wildman–Crippen LogP) is 2.80. The Morgan fingerprint density at radius 1 is 1.36 bits per heavy atom. The zero-order valence-electron chi connectivity index (χ0n) is 14.1. The Morgan fingerprint density at radius 3 is 2.60 bits per heavy atom. The summed E-state index contributed by atoms with van der Waals surface area (Å²) in [5.74, 6) is -0.643. The minimum absolute atomic E-state index is 0.135. The van der Waals surface area contributed by atoms with Gasteiger partial charge >= 0.3 is 6.18 Å². The van der Waals surface area contributed by atoms with E-state index in [4.69, 9.17) is 4.74 Å². The summed E-state index contributed by atoms with van der Waals surface area (Å²) in [6.07, 6.45) is -3.20. The standard InChI is InChI=1S/C17H19F3N2O3/c1-4-22-8-13(16(24)21-10(2)9-25-3)15(23)12-7-11(17(18,19)20)5-6-14(12)22/h5-8,10H,4,9H2,1-3H3,(H,21,24)/t10-/m1/s1. The molecule has 0 unspecified atom stereocenters. The lowest BCUT2D eigenvalue weighted by Crippen LogP contribution is -2.38. The summed E-state index contributed by atoms with van der Waals surface area (Å²) >= 11 is 0. The van der Waals surface area contributed by atoms with Crippen LogP contribution in [-0.4, -0.2) is 30.2 Å². The lowest BCUT2D eigenvalue weighted by Gasteiger charge is -2.16. The molecule has 0 radical (unpaired) electrons. The van der Waals surface area contributed by atoms with Gasteiger partial charge in [-0.1, -0.05) is 0 Å². The van der Waals surface area contributed by atoms with Gasteiger partial charge in [-0.2, -0.15) is 13.2 Å². The van der Waals surface area contributed by atoms with Crippen LogP contribution in [0.4, 0.5) is 13.2 Å². The van der Waals surface area contributed by atoms with Crippen molar-refractivity contribution in [3.05, 3.63) is 45.7 Å². The number of nitrogens with one attached hydrogen (secondary N) is 1. The third kappa shape index (κ3) is 4.01. The number of methoxy groups -OCH3 is 1. The van der Waals surface area contributed by atoms with Crippen molar-refractivity contribution in [2.75, 3.05) is 13.7 Å². The van der Waals surface area contributed by atoms with E-state index in [0.717, 1.165) is 12.1 Å².